The Balaban J connectivity index is 1.67. The average molecular weight is 282 g/mol. The molecule has 2 atom stereocenters. The monoisotopic (exact) mass is 282 g/mol. The molecule has 4 nitrogen and oxygen atoms in total. The Bertz CT molecular complexity index is 324. The van der Waals surface area contributed by atoms with Crippen LogP contribution >= 0.6 is 0 Å². The fraction of sp³-hybridized carbons (Fsp3) is 0.938. The minimum Gasteiger partial charge on any atom is -0.378 e. The molecule has 2 aliphatic rings. The predicted octanol–water partition coefficient (Wildman–Crippen LogP) is 2.09. The van der Waals surface area contributed by atoms with E-state index in [2.05, 4.69) is 24.5 Å². The lowest BCUT2D eigenvalue weighted by Gasteiger charge is -2.51. The summed E-state index contributed by atoms with van der Waals surface area (Å²) in [7, 11) is 0. The third-order valence-corrected chi connectivity index (χ3v) is 5.12. The average Bonchev–Trinajstić information content (AvgIpc) is 2.45. The van der Waals surface area contributed by atoms with Gasteiger partial charge in [-0.1, -0.05) is 13.8 Å². The number of amides is 1. The molecule has 1 saturated heterocycles. The number of hydrogen-bond acceptors (Lipinski definition) is 3. The van der Waals surface area contributed by atoms with Gasteiger partial charge in [0.15, 0.2) is 0 Å². The molecule has 0 aromatic heterocycles. The molecule has 0 aromatic carbocycles. The molecule has 20 heavy (non-hydrogen) atoms. The van der Waals surface area contributed by atoms with Gasteiger partial charge >= 0.3 is 0 Å². The molecule has 116 valence electrons. The Labute approximate surface area is 123 Å². The highest BCUT2D eigenvalue weighted by atomic mass is 16.5. The summed E-state index contributed by atoms with van der Waals surface area (Å²) in [6, 6.07) is 0.277. The van der Waals surface area contributed by atoms with Crippen LogP contribution < -0.4 is 10.6 Å². The van der Waals surface area contributed by atoms with E-state index in [1.165, 1.54) is 12.8 Å². The van der Waals surface area contributed by atoms with Crippen LogP contribution in [-0.4, -0.2) is 37.7 Å². The first kappa shape index (κ1) is 15.8. The molecule has 2 rings (SSSR count). The molecule has 0 aromatic rings. The summed E-state index contributed by atoms with van der Waals surface area (Å²) in [5, 5.41) is 6.57. The molecule has 0 bridgehead atoms. The second-order valence-corrected chi connectivity index (χ2v) is 6.85. The minimum absolute atomic E-state index is 0.0699. The lowest BCUT2D eigenvalue weighted by molar-refractivity contribution is -0.136. The van der Waals surface area contributed by atoms with Crippen molar-refractivity contribution in [2.24, 2.45) is 11.3 Å². The molecule has 1 amide bonds. The number of carbonyl (C=O) groups is 1. The molecule has 4 heteroatoms. The van der Waals surface area contributed by atoms with Crippen LogP contribution in [0, 0.1) is 11.3 Å². The molecule has 2 N–H and O–H groups in total. The van der Waals surface area contributed by atoms with Crippen molar-refractivity contribution in [3.05, 3.63) is 0 Å². The maximum Gasteiger partial charge on any atom is 0.220 e. The Morgan fingerprint density at radius 3 is 2.65 bits per heavy atom. The van der Waals surface area contributed by atoms with Gasteiger partial charge in [-0.15, -0.1) is 0 Å². The van der Waals surface area contributed by atoms with Gasteiger partial charge < -0.3 is 15.4 Å². The summed E-state index contributed by atoms with van der Waals surface area (Å²) < 4.78 is 5.70. The minimum atomic E-state index is 0.0699. The highest BCUT2D eigenvalue weighted by molar-refractivity contribution is 5.76. The summed E-state index contributed by atoms with van der Waals surface area (Å²) in [5.74, 6) is 0.948. The fourth-order valence-corrected chi connectivity index (χ4v) is 3.39. The first-order valence-corrected chi connectivity index (χ1v) is 8.15. The molecule has 1 saturated carbocycles. The first-order chi connectivity index (χ1) is 9.54. The van der Waals surface area contributed by atoms with Crippen molar-refractivity contribution in [3.8, 4) is 0 Å². The van der Waals surface area contributed by atoms with Crippen LogP contribution in [0.2, 0.25) is 0 Å². The van der Waals surface area contributed by atoms with Crippen LogP contribution in [0.5, 0.6) is 0 Å². The summed E-state index contributed by atoms with van der Waals surface area (Å²) >= 11 is 0. The molecule has 0 spiro atoms. The van der Waals surface area contributed by atoms with E-state index in [0.717, 1.165) is 38.5 Å². The van der Waals surface area contributed by atoms with E-state index in [1.54, 1.807) is 0 Å². The Morgan fingerprint density at radius 2 is 2.05 bits per heavy atom. The van der Waals surface area contributed by atoms with Gasteiger partial charge in [0.2, 0.25) is 5.91 Å². The Morgan fingerprint density at radius 1 is 1.35 bits per heavy atom. The molecule has 1 heterocycles. The maximum atomic E-state index is 12.1. The van der Waals surface area contributed by atoms with Crippen LogP contribution in [0.1, 0.15) is 52.9 Å². The number of nitrogens with one attached hydrogen (secondary N) is 2. The van der Waals surface area contributed by atoms with E-state index in [0.29, 0.717) is 12.5 Å². The highest BCUT2D eigenvalue weighted by Crippen LogP contribution is 2.42. The van der Waals surface area contributed by atoms with Crippen molar-refractivity contribution in [1.82, 2.24) is 10.6 Å². The predicted molar refractivity (Wildman–Crippen MR) is 80.6 cm³/mol. The number of rotatable bonds is 6. The standard InChI is InChI=1S/C16H30N2O2/c1-4-20-14-11-13(16(14,2)3)18-15(19)6-5-12-7-9-17-10-8-12/h12-14,17H,4-11H2,1-3H3,(H,18,19). The van der Waals surface area contributed by atoms with Gasteiger partial charge in [-0.2, -0.15) is 0 Å². The molecule has 0 radical (unpaired) electrons. The third kappa shape index (κ3) is 3.73. The summed E-state index contributed by atoms with van der Waals surface area (Å²) in [6.07, 6.45) is 5.40. The van der Waals surface area contributed by atoms with Crippen molar-refractivity contribution in [2.45, 2.75) is 65.0 Å². The van der Waals surface area contributed by atoms with Crippen molar-refractivity contribution < 1.29 is 9.53 Å². The quantitative estimate of drug-likeness (QED) is 0.784. The Hall–Kier alpha value is -0.610. The molecule has 2 unspecified atom stereocenters. The summed E-state index contributed by atoms with van der Waals surface area (Å²) in [4.78, 5) is 12.1. The van der Waals surface area contributed by atoms with Crippen LogP contribution in [0.25, 0.3) is 0 Å². The second-order valence-electron chi connectivity index (χ2n) is 6.85. The first-order valence-electron chi connectivity index (χ1n) is 8.15. The van der Waals surface area contributed by atoms with E-state index in [-0.39, 0.29) is 17.4 Å². The number of piperidine rings is 1. The van der Waals surface area contributed by atoms with E-state index in [1.807, 2.05) is 6.92 Å². The van der Waals surface area contributed by atoms with Crippen LogP contribution in [0.15, 0.2) is 0 Å². The fourth-order valence-electron chi connectivity index (χ4n) is 3.39. The van der Waals surface area contributed by atoms with Crippen molar-refractivity contribution in [2.75, 3.05) is 19.7 Å². The van der Waals surface area contributed by atoms with Gasteiger partial charge in [-0.05, 0) is 51.6 Å². The Kier molecular flexibility index (Phi) is 5.44. The van der Waals surface area contributed by atoms with E-state index in [4.69, 9.17) is 4.74 Å². The smallest absolute Gasteiger partial charge is 0.220 e. The number of carbonyl (C=O) groups excluding carboxylic acids is 1. The second kappa shape index (κ2) is 6.90. The lowest BCUT2D eigenvalue weighted by atomic mass is 9.64. The van der Waals surface area contributed by atoms with Gasteiger partial charge in [0.05, 0.1) is 6.10 Å². The summed E-state index contributed by atoms with van der Waals surface area (Å²) in [5.41, 5.74) is 0.0699. The van der Waals surface area contributed by atoms with Gasteiger partial charge in [0.25, 0.3) is 0 Å². The van der Waals surface area contributed by atoms with Gasteiger partial charge in [0, 0.05) is 24.5 Å². The van der Waals surface area contributed by atoms with Crippen LogP contribution in [0.4, 0.5) is 0 Å². The topological polar surface area (TPSA) is 50.4 Å². The lowest BCUT2D eigenvalue weighted by Crippen LogP contribution is -2.62. The normalized spacial score (nSPS) is 29.8. The SMILES string of the molecule is CCOC1CC(NC(=O)CCC2CCNCC2)C1(C)C. The maximum absolute atomic E-state index is 12.1. The molecule has 2 fully saturated rings. The number of ether oxygens (including phenoxy) is 1. The van der Waals surface area contributed by atoms with Crippen LogP contribution in [0.3, 0.4) is 0 Å². The largest absolute Gasteiger partial charge is 0.378 e. The zero-order valence-corrected chi connectivity index (χ0v) is 13.2. The molecule has 1 aliphatic heterocycles. The van der Waals surface area contributed by atoms with E-state index < -0.39 is 0 Å². The molecule has 1 aliphatic carbocycles. The van der Waals surface area contributed by atoms with Gasteiger partial charge in [-0.3, -0.25) is 4.79 Å². The zero-order valence-electron chi connectivity index (χ0n) is 13.2. The van der Waals surface area contributed by atoms with Crippen LogP contribution in [-0.2, 0) is 9.53 Å². The van der Waals surface area contributed by atoms with Crippen molar-refractivity contribution in [1.29, 1.82) is 0 Å². The number of hydrogen-bond donors (Lipinski definition) is 2. The zero-order chi connectivity index (χ0) is 14.6. The van der Waals surface area contributed by atoms with Gasteiger partial charge in [0.1, 0.15) is 0 Å². The van der Waals surface area contributed by atoms with Crippen molar-refractivity contribution >= 4 is 5.91 Å². The van der Waals surface area contributed by atoms with E-state index >= 15 is 0 Å². The van der Waals surface area contributed by atoms with Gasteiger partial charge in [-0.25, -0.2) is 0 Å². The molecular weight excluding hydrogens is 252 g/mol. The van der Waals surface area contributed by atoms with Crippen molar-refractivity contribution in [3.63, 3.8) is 0 Å². The highest BCUT2D eigenvalue weighted by Gasteiger charge is 2.49. The summed E-state index contributed by atoms with van der Waals surface area (Å²) in [6.45, 7) is 9.38. The third-order valence-electron chi connectivity index (χ3n) is 5.12. The molecular formula is C16H30N2O2. The van der Waals surface area contributed by atoms with E-state index in [9.17, 15) is 4.79 Å².